The van der Waals surface area contributed by atoms with Gasteiger partial charge >= 0.3 is 5.97 Å². The number of carboxylic acids is 1. The van der Waals surface area contributed by atoms with E-state index in [4.69, 9.17) is 5.11 Å². The zero-order chi connectivity index (χ0) is 19.6. The first-order valence-corrected chi connectivity index (χ1v) is 10.2. The first-order valence-electron chi connectivity index (χ1n) is 10.2. The monoisotopic (exact) mass is 372 g/mol. The Morgan fingerprint density at radius 3 is 2.52 bits per heavy atom. The summed E-state index contributed by atoms with van der Waals surface area (Å²) in [7, 11) is 0. The maximum atomic E-state index is 12.3. The van der Waals surface area contributed by atoms with Crippen LogP contribution in [-0.2, 0) is 16.0 Å². The lowest BCUT2D eigenvalue weighted by atomic mass is 9.89. The highest BCUT2D eigenvalue weighted by Crippen LogP contribution is 2.34. The number of aryl methyl sites for hydroxylation is 1. The minimum Gasteiger partial charge on any atom is -0.481 e. The summed E-state index contributed by atoms with van der Waals surface area (Å²) in [6.45, 7) is 2.17. The number of ketones is 1. The molecule has 0 radical (unpaired) electrons. The molecule has 1 saturated carbocycles. The Bertz CT molecular complexity index is 632. The van der Waals surface area contributed by atoms with Crippen LogP contribution in [0.25, 0.3) is 6.08 Å². The predicted molar refractivity (Wildman–Crippen MR) is 107 cm³/mol. The number of Topliss-reactive ketones (excluding diaryl/α,β-unsaturated/α-hetero) is 1. The number of carboxylic acid groups (broad SMARTS) is 1. The fraction of sp³-hybridized carbons (Fsp3) is 0.565. The van der Waals surface area contributed by atoms with E-state index in [1.807, 2.05) is 0 Å². The highest BCUT2D eigenvalue weighted by molar-refractivity contribution is 5.88. The molecule has 0 aliphatic heterocycles. The SMILES string of the molecule is CCCc1ccc(C=C[C@H]2C[C@@H](O)C(=O)[C@@H]2CCCCCCC(=O)O)cc1. The van der Waals surface area contributed by atoms with Crippen molar-refractivity contribution in [1.29, 1.82) is 0 Å². The quantitative estimate of drug-likeness (QED) is 0.555. The van der Waals surface area contributed by atoms with Crippen molar-refractivity contribution in [3.8, 4) is 0 Å². The third-order valence-electron chi connectivity index (χ3n) is 5.42. The molecule has 0 spiro atoms. The van der Waals surface area contributed by atoms with Crippen molar-refractivity contribution in [2.24, 2.45) is 11.8 Å². The van der Waals surface area contributed by atoms with Crippen LogP contribution in [0.5, 0.6) is 0 Å². The molecule has 0 aromatic heterocycles. The molecule has 1 aliphatic carbocycles. The average molecular weight is 373 g/mol. The van der Waals surface area contributed by atoms with Gasteiger partial charge < -0.3 is 10.2 Å². The molecule has 0 unspecified atom stereocenters. The standard InChI is InChI=1S/C23H32O4/c1-2-7-17-10-12-18(13-11-17)14-15-19-16-21(24)23(27)20(19)8-5-3-4-6-9-22(25)26/h10-15,19-21,24H,2-9,16H2,1H3,(H,25,26)/t19-,20+,21+/m0/s1. The van der Waals surface area contributed by atoms with Crippen molar-refractivity contribution in [2.45, 2.75) is 70.8 Å². The molecule has 0 bridgehead atoms. The third kappa shape index (κ3) is 6.94. The van der Waals surface area contributed by atoms with E-state index >= 15 is 0 Å². The van der Waals surface area contributed by atoms with E-state index in [1.165, 1.54) is 5.56 Å². The molecular weight excluding hydrogens is 340 g/mol. The zero-order valence-electron chi connectivity index (χ0n) is 16.3. The Balaban J connectivity index is 1.85. The molecule has 2 N–H and O–H groups in total. The van der Waals surface area contributed by atoms with Gasteiger partial charge in [-0.05, 0) is 42.7 Å². The van der Waals surface area contributed by atoms with E-state index in [-0.39, 0.29) is 24.0 Å². The van der Waals surface area contributed by atoms with Crippen molar-refractivity contribution in [3.63, 3.8) is 0 Å². The molecule has 4 heteroatoms. The Morgan fingerprint density at radius 2 is 1.85 bits per heavy atom. The lowest BCUT2D eigenvalue weighted by Gasteiger charge is -2.14. The van der Waals surface area contributed by atoms with Crippen LogP contribution in [0.4, 0.5) is 0 Å². The number of hydrogen-bond donors (Lipinski definition) is 2. The van der Waals surface area contributed by atoms with Crippen molar-refractivity contribution < 1.29 is 19.8 Å². The van der Waals surface area contributed by atoms with Gasteiger partial charge in [-0.15, -0.1) is 0 Å². The van der Waals surface area contributed by atoms with Crippen LogP contribution in [0.15, 0.2) is 30.3 Å². The largest absolute Gasteiger partial charge is 0.481 e. The smallest absolute Gasteiger partial charge is 0.303 e. The van der Waals surface area contributed by atoms with Gasteiger partial charge in [0, 0.05) is 12.3 Å². The van der Waals surface area contributed by atoms with Crippen molar-refractivity contribution in [1.82, 2.24) is 0 Å². The molecule has 4 nitrogen and oxygen atoms in total. The van der Waals surface area contributed by atoms with E-state index in [0.29, 0.717) is 12.8 Å². The molecule has 0 amide bonds. The Kier molecular flexibility index (Phi) is 8.73. The number of aliphatic hydroxyl groups is 1. The second kappa shape index (κ2) is 11.0. The first kappa shape index (κ1) is 21.4. The van der Waals surface area contributed by atoms with Crippen LogP contribution in [-0.4, -0.2) is 28.1 Å². The van der Waals surface area contributed by atoms with Gasteiger partial charge in [0.25, 0.3) is 0 Å². The van der Waals surface area contributed by atoms with Gasteiger partial charge in [-0.1, -0.05) is 69.0 Å². The van der Waals surface area contributed by atoms with Gasteiger partial charge in [0.15, 0.2) is 5.78 Å². The predicted octanol–water partition coefficient (Wildman–Crippen LogP) is 4.64. The van der Waals surface area contributed by atoms with Gasteiger partial charge in [0.05, 0.1) is 0 Å². The molecular formula is C23H32O4. The highest BCUT2D eigenvalue weighted by atomic mass is 16.4. The number of rotatable bonds is 11. The van der Waals surface area contributed by atoms with Crippen LogP contribution in [0.2, 0.25) is 0 Å². The number of allylic oxidation sites excluding steroid dienone is 1. The third-order valence-corrected chi connectivity index (χ3v) is 5.42. The maximum Gasteiger partial charge on any atom is 0.303 e. The molecule has 1 aromatic rings. The average Bonchev–Trinajstić information content (AvgIpc) is 2.91. The Morgan fingerprint density at radius 1 is 1.15 bits per heavy atom. The molecule has 0 heterocycles. The number of benzene rings is 1. The van der Waals surface area contributed by atoms with Gasteiger partial charge in [0.1, 0.15) is 6.10 Å². The van der Waals surface area contributed by atoms with Gasteiger partial charge in [-0.2, -0.15) is 0 Å². The molecule has 3 atom stereocenters. The van der Waals surface area contributed by atoms with Crippen LogP contribution < -0.4 is 0 Å². The summed E-state index contributed by atoms with van der Waals surface area (Å²) in [5.74, 6) is -0.817. The maximum absolute atomic E-state index is 12.3. The Labute approximate surface area is 162 Å². The molecule has 2 rings (SSSR count). The number of carbonyl (C=O) groups excluding carboxylic acids is 1. The van der Waals surface area contributed by atoms with Crippen molar-refractivity contribution in [3.05, 3.63) is 41.5 Å². The second-order valence-electron chi connectivity index (χ2n) is 7.62. The van der Waals surface area contributed by atoms with Crippen LogP contribution >= 0.6 is 0 Å². The molecule has 1 aliphatic rings. The number of aliphatic hydroxyl groups excluding tert-OH is 1. The summed E-state index contributed by atoms with van der Waals surface area (Å²) in [5.41, 5.74) is 2.46. The zero-order valence-corrected chi connectivity index (χ0v) is 16.3. The molecule has 1 aromatic carbocycles. The van der Waals surface area contributed by atoms with Crippen LogP contribution in [0.3, 0.4) is 0 Å². The fourth-order valence-electron chi connectivity index (χ4n) is 3.88. The summed E-state index contributed by atoms with van der Waals surface area (Å²) in [4.78, 5) is 22.8. The molecule has 0 saturated heterocycles. The summed E-state index contributed by atoms with van der Waals surface area (Å²) < 4.78 is 0. The lowest BCUT2D eigenvalue weighted by Crippen LogP contribution is -2.19. The minimum absolute atomic E-state index is 0.0338. The highest BCUT2D eigenvalue weighted by Gasteiger charge is 2.39. The summed E-state index contributed by atoms with van der Waals surface area (Å²) in [6, 6.07) is 8.50. The topological polar surface area (TPSA) is 74.6 Å². The van der Waals surface area contributed by atoms with E-state index in [0.717, 1.165) is 44.1 Å². The van der Waals surface area contributed by atoms with Crippen LogP contribution in [0, 0.1) is 11.8 Å². The van der Waals surface area contributed by atoms with Crippen molar-refractivity contribution >= 4 is 17.8 Å². The summed E-state index contributed by atoms with van der Waals surface area (Å²) in [5, 5.41) is 18.6. The second-order valence-corrected chi connectivity index (χ2v) is 7.62. The first-order chi connectivity index (χ1) is 13.0. The molecule has 27 heavy (non-hydrogen) atoms. The Hall–Kier alpha value is -1.94. The van der Waals surface area contributed by atoms with Gasteiger partial charge in [-0.25, -0.2) is 0 Å². The number of aliphatic carboxylic acids is 1. The van der Waals surface area contributed by atoms with E-state index in [1.54, 1.807) is 0 Å². The van der Waals surface area contributed by atoms with Gasteiger partial charge in [-0.3, -0.25) is 9.59 Å². The lowest BCUT2D eigenvalue weighted by molar-refractivity contribution is -0.137. The summed E-state index contributed by atoms with van der Waals surface area (Å²) in [6.07, 6.45) is 10.4. The van der Waals surface area contributed by atoms with E-state index in [2.05, 4.69) is 43.3 Å². The fourth-order valence-corrected chi connectivity index (χ4v) is 3.88. The summed E-state index contributed by atoms with van der Waals surface area (Å²) >= 11 is 0. The number of hydrogen-bond acceptors (Lipinski definition) is 3. The van der Waals surface area contributed by atoms with Crippen LogP contribution in [0.1, 0.15) is 69.4 Å². The molecule has 1 fully saturated rings. The van der Waals surface area contributed by atoms with Gasteiger partial charge in [0.2, 0.25) is 0 Å². The number of carbonyl (C=O) groups is 2. The minimum atomic E-state index is -0.844. The number of unbranched alkanes of at least 4 members (excludes halogenated alkanes) is 3. The normalized spacial score (nSPS) is 22.6. The van der Waals surface area contributed by atoms with Crippen molar-refractivity contribution in [2.75, 3.05) is 0 Å². The van der Waals surface area contributed by atoms with E-state index in [9.17, 15) is 14.7 Å². The molecule has 148 valence electrons. The van der Waals surface area contributed by atoms with E-state index < -0.39 is 12.1 Å².